The lowest BCUT2D eigenvalue weighted by molar-refractivity contribution is -0.305. The lowest BCUT2D eigenvalue weighted by atomic mass is 9.99. The van der Waals surface area contributed by atoms with Crippen molar-refractivity contribution < 1.29 is 49.3 Å². The molecular formula is C70H121NO10. The number of amides is 1. The van der Waals surface area contributed by atoms with E-state index < -0.39 is 67.4 Å². The molecule has 1 heterocycles. The van der Waals surface area contributed by atoms with Gasteiger partial charge in [-0.25, -0.2) is 0 Å². The fraction of sp³-hybridized carbons (Fsp3) is 0.743. The monoisotopic (exact) mass is 1140 g/mol. The number of hydrogen-bond acceptors (Lipinski definition) is 10. The van der Waals surface area contributed by atoms with E-state index in [0.29, 0.717) is 12.8 Å². The van der Waals surface area contributed by atoms with Crippen LogP contribution in [-0.4, -0.2) is 99.6 Å². The number of unbranched alkanes of at least 4 members (excludes halogenated alkanes) is 27. The molecule has 0 aromatic heterocycles. The van der Waals surface area contributed by atoms with Crippen LogP contribution in [-0.2, 0) is 23.8 Å². The minimum atomic E-state index is -1.63. The van der Waals surface area contributed by atoms with E-state index in [1.165, 1.54) is 116 Å². The highest BCUT2D eigenvalue weighted by atomic mass is 16.7. The van der Waals surface area contributed by atoms with E-state index in [0.717, 1.165) is 109 Å². The molecule has 11 nitrogen and oxygen atoms in total. The van der Waals surface area contributed by atoms with Crippen molar-refractivity contribution in [3.05, 3.63) is 97.2 Å². The Hall–Kier alpha value is -3.42. The Morgan fingerprint density at radius 1 is 0.481 bits per heavy atom. The van der Waals surface area contributed by atoms with Gasteiger partial charge in [0.1, 0.15) is 24.4 Å². The van der Waals surface area contributed by atoms with Crippen molar-refractivity contribution in [2.75, 3.05) is 13.2 Å². The van der Waals surface area contributed by atoms with Crippen molar-refractivity contribution in [3.8, 4) is 0 Å². The zero-order valence-electron chi connectivity index (χ0n) is 51.6. The first-order chi connectivity index (χ1) is 39.7. The van der Waals surface area contributed by atoms with Crippen LogP contribution in [0.15, 0.2) is 97.2 Å². The van der Waals surface area contributed by atoms with Crippen LogP contribution in [0, 0.1) is 0 Å². The van der Waals surface area contributed by atoms with Gasteiger partial charge in [0.05, 0.1) is 25.4 Å². The summed E-state index contributed by atoms with van der Waals surface area (Å²) in [5, 5.41) is 57.0. The molecule has 6 N–H and O–H groups in total. The third kappa shape index (κ3) is 44.7. The van der Waals surface area contributed by atoms with Gasteiger partial charge in [-0.1, -0.05) is 253 Å². The third-order valence-electron chi connectivity index (χ3n) is 15.0. The molecule has 1 fully saturated rings. The van der Waals surface area contributed by atoms with Crippen LogP contribution in [0.3, 0.4) is 0 Å². The van der Waals surface area contributed by atoms with Crippen molar-refractivity contribution >= 4 is 11.9 Å². The fourth-order valence-corrected chi connectivity index (χ4v) is 9.70. The maximum atomic E-state index is 13.4. The molecule has 0 bridgehead atoms. The Balaban J connectivity index is 2.64. The topological polar surface area (TPSA) is 175 Å². The summed E-state index contributed by atoms with van der Waals surface area (Å²) >= 11 is 0. The second kappa shape index (κ2) is 57.0. The summed E-state index contributed by atoms with van der Waals surface area (Å²) in [6.07, 6.45) is 65.8. The minimum Gasteiger partial charge on any atom is -0.454 e. The smallest absolute Gasteiger partial charge is 0.306 e. The lowest BCUT2D eigenvalue weighted by Crippen LogP contribution is -2.61. The van der Waals surface area contributed by atoms with Gasteiger partial charge in [0.15, 0.2) is 12.4 Å². The standard InChI is InChI=1S/C70H121NO10/c1-4-7-10-13-16-19-22-24-26-28-30-31-32-33-34-36-38-40-43-46-49-52-55-58-65(75)81-68-67(77)66(76)64(59-72)80-70(68)79-60-61(62(73)56-53-50-47-44-41-21-18-15-12-9-6-3)71-69(78)63(74)57-54-51-48-45-42-39-37-35-29-27-25-23-20-17-14-11-8-5-2/h16-17,19-20,24-27,30-31,35,37,42,45,53,56,61-64,66-68,70,72-74,76-77H,4-15,18,21-23,28-29,32-34,36,38-41,43-44,46-52,54-55,57-60H2,1-3H3,(H,71,78)/b19-16-,20-17-,26-24-,27-25-,31-30-,37-35-,45-42-,56-53+. The predicted molar refractivity (Wildman–Crippen MR) is 338 cm³/mol. The van der Waals surface area contributed by atoms with Crippen LogP contribution in [0.2, 0.25) is 0 Å². The number of aliphatic hydroxyl groups excluding tert-OH is 5. The summed E-state index contributed by atoms with van der Waals surface area (Å²) < 4.78 is 17.6. The Kier molecular flexibility index (Phi) is 53.2. The SMILES string of the molecule is CCCCC/C=C\C/C=C\C/C=C\C/C=C\CCCCC(O)C(=O)NC(COC1OC(CO)C(O)C(O)C1OC(=O)CCCCCCCCCCCC/C=C\C/C=C\C/C=C\CCCCC)C(O)/C=C/CCCCCCCCCCC. The molecule has 11 heteroatoms. The Bertz CT molecular complexity index is 1690. The largest absolute Gasteiger partial charge is 0.454 e. The summed E-state index contributed by atoms with van der Waals surface area (Å²) in [5.41, 5.74) is 0. The quantitative estimate of drug-likeness (QED) is 0.0195. The van der Waals surface area contributed by atoms with Crippen LogP contribution in [0.4, 0.5) is 0 Å². The summed E-state index contributed by atoms with van der Waals surface area (Å²) in [6, 6.07) is -1.05. The molecular weight excluding hydrogens is 1010 g/mol. The van der Waals surface area contributed by atoms with Crippen LogP contribution in [0.5, 0.6) is 0 Å². The number of rotatable bonds is 55. The molecule has 0 aliphatic carbocycles. The molecule has 1 aliphatic rings. The van der Waals surface area contributed by atoms with E-state index >= 15 is 0 Å². The van der Waals surface area contributed by atoms with Gasteiger partial charge in [0.2, 0.25) is 5.91 Å². The van der Waals surface area contributed by atoms with Gasteiger partial charge in [-0.15, -0.1) is 0 Å². The van der Waals surface area contributed by atoms with Gasteiger partial charge in [-0.2, -0.15) is 0 Å². The van der Waals surface area contributed by atoms with Gasteiger partial charge in [-0.3, -0.25) is 9.59 Å². The molecule has 466 valence electrons. The predicted octanol–water partition coefficient (Wildman–Crippen LogP) is 16.3. The van der Waals surface area contributed by atoms with Crippen molar-refractivity contribution in [2.45, 2.75) is 320 Å². The molecule has 1 aliphatic heterocycles. The highest BCUT2D eigenvalue weighted by Gasteiger charge is 2.47. The first kappa shape index (κ1) is 75.6. The number of ether oxygens (including phenoxy) is 3. The summed E-state index contributed by atoms with van der Waals surface area (Å²) in [6.45, 7) is 5.71. The van der Waals surface area contributed by atoms with Gasteiger partial charge in [0.25, 0.3) is 0 Å². The van der Waals surface area contributed by atoms with Crippen LogP contribution in [0.25, 0.3) is 0 Å². The van der Waals surface area contributed by atoms with Crippen molar-refractivity contribution in [1.29, 1.82) is 0 Å². The molecule has 0 aromatic carbocycles. The number of aliphatic hydroxyl groups is 5. The van der Waals surface area contributed by atoms with E-state index in [1.54, 1.807) is 6.08 Å². The summed E-state index contributed by atoms with van der Waals surface area (Å²) in [4.78, 5) is 26.6. The highest BCUT2D eigenvalue weighted by Crippen LogP contribution is 2.26. The zero-order chi connectivity index (χ0) is 58.9. The normalized spacial score (nSPS) is 19.3. The first-order valence-electron chi connectivity index (χ1n) is 33.0. The maximum absolute atomic E-state index is 13.4. The molecule has 0 aromatic rings. The van der Waals surface area contributed by atoms with Crippen molar-refractivity contribution in [3.63, 3.8) is 0 Å². The van der Waals surface area contributed by atoms with E-state index in [4.69, 9.17) is 14.2 Å². The van der Waals surface area contributed by atoms with Gasteiger partial charge in [0, 0.05) is 6.42 Å². The molecule has 1 amide bonds. The Morgan fingerprint density at radius 3 is 1.30 bits per heavy atom. The van der Waals surface area contributed by atoms with E-state index in [2.05, 4.69) is 111 Å². The molecule has 0 saturated carbocycles. The molecule has 8 unspecified atom stereocenters. The molecule has 1 saturated heterocycles. The second-order valence-corrected chi connectivity index (χ2v) is 22.5. The molecule has 0 spiro atoms. The number of nitrogens with one attached hydrogen (secondary N) is 1. The number of carbonyl (C=O) groups is 2. The van der Waals surface area contributed by atoms with Crippen LogP contribution >= 0.6 is 0 Å². The minimum absolute atomic E-state index is 0.110. The first-order valence-corrected chi connectivity index (χ1v) is 33.0. The summed E-state index contributed by atoms with van der Waals surface area (Å²) in [5.74, 6) is -1.23. The van der Waals surface area contributed by atoms with Crippen molar-refractivity contribution in [1.82, 2.24) is 5.32 Å². The van der Waals surface area contributed by atoms with Gasteiger partial charge >= 0.3 is 5.97 Å². The zero-order valence-corrected chi connectivity index (χ0v) is 51.6. The number of esters is 1. The molecule has 81 heavy (non-hydrogen) atoms. The van der Waals surface area contributed by atoms with Crippen LogP contribution in [0.1, 0.15) is 271 Å². The maximum Gasteiger partial charge on any atom is 0.306 e. The molecule has 1 rings (SSSR count). The van der Waals surface area contributed by atoms with E-state index in [9.17, 15) is 35.1 Å². The fourth-order valence-electron chi connectivity index (χ4n) is 9.70. The van der Waals surface area contributed by atoms with Crippen LogP contribution < -0.4 is 5.32 Å². The van der Waals surface area contributed by atoms with Gasteiger partial charge in [-0.05, 0) is 109 Å². The number of allylic oxidation sites excluding steroid dienone is 15. The van der Waals surface area contributed by atoms with E-state index in [1.807, 2.05) is 6.08 Å². The number of carbonyl (C=O) groups excluding carboxylic acids is 2. The average molecular weight is 1140 g/mol. The Labute approximate surface area is 495 Å². The Morgan fingerprint density at radius 2 is 0.852 bits per heavy atom. The number of hydrogen-bond donors (Lipinski definition) is 6. The lowest BCUT2D eigenvalue weighted by Gasteiger charge is -2.41. The third-order valence-corrected chi connectivity index (χ3v) is 15.0. The van der Waals surface area contributed by atoms with Gasteiger partial charge < -0.3 is 45.1 Å². The molecule has 8 atom stereocenters. The summed E-state index contributed by atoms with van der Waals surface area (Å²) in [7, 11) is 0. The highest BCUT2D eigenvalue weighted by molar-refractivity contribution is 5.80. The van der Waals surface area contributed by atoms with Crippen molar-refractivity contribution in [2.24, 2.45) is 0 Å². The second-order valence-electron chi connectivity index (χ2n) is 22.5. The van der Waals surface area contributed by atoms with E-state index in [-0.39, 0.29) is 19.4 Å². The molecule has 0 radical (unpaired) electrons. The average Bonchev–Trinajstić information content (AvgIpc) is 3.51.